The summed E-state index contributed by atoms with van der Waals surface area (Å²) in [5.41, 5.74) is 3.95. The van der Waals surface area contributed by atoms with E-state index in [9.17, 15) is 0 Å². The Hall–Kier alpha value is -1.59. The number of benzene rings is 1. The first-order valence-electron chi connectivity index (χ1n) is 9.84. The number of aryl methyl sites for hydroxylation is 2. The molecule has 1 atom stereocenters. The summed E-state index contributed by atoms with van der Waals surface area (Å²) in [7, 11) is 4.05. The number of hydrogen-bond acceptors (Lipinski definition) is 3. The van der Waals surface area contributed by atoms with Gasteiger partial charge in [0.15, 0.2) is 5.96 Å². The van der Waals surface area contributed by atoms with Crippen molar-refractivity contribution in [3.8, 4) is 0 Å². The van der Waals surface area contributed by atoms with Crippen LogP contribution in [0.4, 0.5) is 0 Å². The SMILES string of the molecule is CN=C(NCc1ccc(C)cc1C)NCC(C(C)C)N1CCN(C)CC1. The lowest BCUT2D eigenvalue weighted by Gasteiger charge is -2.40. The molecule has 0 radical (unpaired) electrons. The Balaban J connectivity index is 1.87. The van der Waals surface area contributed by atoms with Crippen LogP contribution in [0.3, 0.4) is 0 Å². The van der Waals surface area contributed by atoms with E-state index in [0.717, 1.165) is 45.2 Å². The van der Waals surface area contributed by atoms with Gasteiger partial charge in [-0.05, 0) is 37.9 Å². The molecule has 1 heterocycles. The van der Waals surface area contributed by atoms with E-state index in [1.54, 1.807) is 0 Å². The van der Waals surface area contributed by atoms with Crippen LogP contribution in [0.5, 0.6) is 0 Å². The maximum Gasteiger partial charge on any atom is 0.191 e. The van der Waals surface area contributed by atoms with Crippen molar-refractivity contribution in [3.05, 3.63) is 34.9 Å². The predicted molar refractivity (Wildman–Crippen MR) is 112 cm³/mol. The highest BCUT2D eigenvalue weighted by molar-refractivity contribution is 5.79. The molecule has 1 saturated heterocycles. The van der Waals surface area contributed by atoms with E-state index in [0.29, 0.717) is 12.0 Å². The van der Waals surface area contributed by atoms with Gasteiger partial charge in [-0.3, -0.25) is 9.89 Å². The highest BCUT2D eigenvalue weighted by Gasteiger charge is 2.25. The van der Waals surface area contributed by atoms with Crippen LogP contribution >= 0.6 is 0 Å². The van der Waals surface area contributed by atoms with Crippen LogP contribution in [0, 0.1) is 19.8 Å². The predicted octanol–water partition coefficient (Wildman–Crippen LogP) is 2.24. The Bertz CT molecular complexity index is 588. The van der Waals surface area contributed by atoms with Gasteiger partial charge in [-0.1, -0.05) is 37.6 Å². The van der Waals surface area contributed by atoms with E-state index < -0.39 is 0 Å². The van der Waals surface area contributed by atoms with Crippen molar-refractivity contribution in [1.29, 1.82) is 0 Å². The van der Waals surface area contributed by atoms with Gasteiger partial charge in [-0.15, -0.1) is 0 Å². The molecule has 1 fully saturated rings. The zero-order valence-corrected chi connectivity index (χ0v) is 17.5. The van der Waals surface area contributed by atoms with Crippen molar-refractivity contribution in [2.75, 3.05) is 46.8 Å². The minimum Gasteiger partial charge on any atom is -0.355 e. The summed E-state index contributed by atoms with van der Waals surface area (Å²) in [4.78, 5) is 9.44. The van der Waals surface area contributed by atoms with Gasteiger partial charge in [0.2, 0.25) is 0 Å². The van der Waals surface area contributed by atoms with Crippen LogP contribution in [0.2, 0.25) is 0 Å². The van der Waals surface area contributed by atoms with Crippen LogP contribution in [-0.2, 0) is 6.54 Å². The largest absolute Gasteiger partial charge is 0.355 e. The molecule has 1 aromatic carbocycles. The number of nitrogens with zero attached hydrogens (tertiary/aromatic N) is 3. The zero-order valence-electron chi connectivity index (χ0n) is 17.5. The van der Waals surface area contributed by atoms with Crippen molar-refractivity contribution in [2.45, 2.75) is 40.3 Å². The van der Waals surface area contributed by atoms with Gasteiger partial charge in [0.05, 0.1) is 0 Å². The monoisotopic (exact) mass is 359 g/mol. The number of guanidine groups is 1. The quantitative estimate of drug-likeness (QED) is 0.604. The highest BCUT2D eigenvalue weighted by atomic mass is 15.3. The molecular weight excluding hydrogens is 322 g/mol. The lowest BCUT2D eigenvalue weighted by molar-refractivity contribution is 0.0900. The first-order valence-corrected chi connectivity index (χ1v) is 9.84. The normalized spacial score (nSPS) is 18.2. The van der Waals surface area contributed by atoms with Crippen LogP contribution in [0.25, 0.3) is 0 Å². The summed E-state index contributed by atoms with van der Waals surface area (Å²) >= 11 is 0. The van der Waals surface area contributed by atoms with E-state index in [2.05, 4.69) is 78.4 Å². The van der Waals surface area contributed by atoms with Crippen molar-refractivity contribution in [1.82, 2.24) is 20.4 Å². The second kappa shape index (κ2) is 9.93. The third kappa shape index (κ3) is 5.99. The van der Waals surface area contributed by atoms with Crippen molar-refractivity contribution in [2.24, 2.45) is 10.9 Å². The molecule has 0 aliphatic carbocycles. The molecule has 1 unspecified atom stereocenters. The molecule has 0 aromatic heterocycles. The van der Waals surface area contributed by atoms with Crippen LogP contribution < -0.4 is 10.6 Å². The standard InChI is InChI=1S/C21H37N5/c1-16(2)20(26-11-9-25(6)10-12-26)15-24-21(22-5)23-14-19-8-7-17(3)13-18(19)4/h7-8,13,16,20H,9-12,14-15H2,1-6H3,(H2,22,23,24). The van der Waals surface area contributed by atoms with Gasteiger partial charge >= 0.3 is 0 Å². The van der Waals surface area contributed by atoms with Gasteiger partial charge in [-0.2, -0.15) is 0 Å². The lowest BCUT2D eigenvalue weighted by Crippen LogP contribution is -2.55. The number of nitrogens with one attached hydrogen (secondary N) is 2. The fraction of sp³-hybridized carbons (Fsp3) is 0.667. The Labute approximate surface area is 159 Å². The average Bonchev–Trinajstić information content (AvgIpc) is 2.60. The molecule has 0 amide bonds. The number of rotatable bonds is 6. The zero-order chi connectivity index (χ0) is 19.1. The van der Waals surface area contributed by atoms with Gasteiger partial charge < -0.3 is 15.5 Å². The third-order valence-electron chi connectivity index (χ3n) is 5.42. The van der Waals surface area contributed by atoms with E-state index in [1.165, 1.54) is 16.7 Å². The minimum absolute atomic E-state index is 0.531. The smallest absolute Gasteiger partial charge is 0.191 e. The highest BCUT2D eigenvalue weighted by Crippen LogP contribution is 2.13. The topological polar surface area (TPSA) is 42.9 Å². The average molecular weight is 360 g/mol. The number of aliphatic imine (C=N–C) groups is 1. The Morgan fingerprint density at radius 3 is 2.38 bits per heavy atom. The molecule has 146 valence electrons. The number of piperazine rings is 1. The maximum atomic E-state index is 4.41. The van der Waals surface area contributed by atoms with Gasteiger partial charge in [-0.25, -0.2) is 0 Å². The fourth-order valence-electron chi connectivity index (χ4n) is 3.58. The molecule has 0 saturated carbocycles. The molecule has 0 spiro atoms. The van der Waals surface area contributed by atoms with Crippen molar-refractivity contribution < 1.29 is 0 Å². The Morgan fingerprint density at radius 2 is 1.81 bits per heavy atom. The van der Waals surface area contributed by atoms with Crippen LogP contribution in [0.15, 0.2) is 23.2 Å². The summed E-state index contributed by atoms with van der Waals surface area (Å²) in [5.74, 6) is 1.49. The summed E-state index contributed by atoms with van der Waals surface area (Å²) in [6.45, 7) is 15.3. The van der Waals surface area contributed by atoms with Crippen molar-refractivity contribution >= 4 is 5.96 Å². The molecule has 0 bridgehead atoms. The molecule has 1 aromatic rings. The summed E-state index contributed by atoms with van der Waals surface area (Å²) in [6, 6.07) is 7.13. The van der Waals surface area contributed by atoms with E-state index in [4.69, 9.17) is 0 Å². The number of hydrogen-bond donors (Lipinski definition) is 2. The van der Waals surface area contributed by atoms with E-state index >= 15 is 0 Å². The molecule has 5 nitrogen and oxygen atoms in total. The molecule has 5 heteroatoms. The summed E-state index contributed by atoms with van der Waals surface area (Å²) < 4.78 is 0. The molecule has 2 rings (SSSR count). The van der Waals surface area contributed by atoms with Gasteiger partial charge in [0, 0.05) is 52.4 Å². The van der Waals surface area contributed by atoms with E-state index in [-0.39, 0.29) is 0 Å². The van der Waals surface area contributed by atoms with E-state index in [1.807, 2.05) is 7.05 Å². The lowest BCUT2D eigenvalue weighted by atomic mass is 10.0. The summed E-state index contributed by atoms with van der Waals surface area (Å²) in [5, 5.41) is 7.01. The van der Waals surface area contributed by atoms with Crippen LogP contribution in [-0.4, -0.2) is 68.6 Å². The fourth-order valence-corrected chi connectivity index (χ4v) is 3.58. The second-order valence-electron chi connectivity index (χ2n) is 7.89. The Kier molecular flexibility index (Phi) is 7.91. The second-order valence-corrected chi connectivity index (χ2v) is 7.89. The molecule has 1 aliphatic rings. The first kappa shape index (κ1) is 20.7. The van der Waals surface area contributed by atoms with Crippen LogP contribution in [0.1, 0.15) is 30.5 Å². The minimum atomic E-state index is 0.531. The number of likely N-dealkylation sites (N-methyl/N-ethyl adjacent to an activating group) is 1. The Morgan fingerprint density at radius 1 is 1.12 bits per heavy atom. The summed E-state index contributed by atoms with van der Waals surface area (Å²) in [6.07, 6.45) is 0. The molecular formula is C21H37N5. The van der Waals surface area contributed by atoms with Gasteiger partial charge in [0.25, 0.3) is 0 Å². The molecule has 2 N–H and O–H groups in total. The maximum absolute atomic E-state index is 4.41. The third-order valence-corrected chi connectivity index (χ3v) is 5.42. The van der Waals surface area contributed by atoms with Crippen molar-refractivity contribution in [3.63, 3.8) is 0 Å². The van der Waals surface area contributed by atoms with Gasteiger partial charge in [0.1, 0.15) is 0 Å². The molecule has 26 heavy (non-hydrogen) atoms. The molecule has 1 aliphatic heterocycles. The first-order chi connectivity index (χ1) is 12.4.